The van der Waals surface area contributed by atoms with Gasteiger partial charge in [0, 0.05) is 18.8 Å². The number of anilines is 1. The molecule has 1 aromatic heterocycles. The summed E-state index contributed by atoms with van der Waals surface area (Å²) in [6.45, 7) is 3.68. The Morgan fingerprint density at radius 2 is 2.00 bits per heavy atom. The van der Waals surface area contributed by atoms with Crippen molar-refractivity contribution in [2.45, 2.75) is 13.8 Å². The maximum Gasteiger partial charge on any atom is 0.273 e. The van der Waals surface area contributed by atoms with Crippen molar-refractivity contribution in [2.75, 3.05) is 5.32 Å². The maximum atomic E-state index is 12.0. The van der Waals surface area contributed by atoms with Gasteiger partial charge < -0.3 is 10.4 Å². The van der Waals surface area contributed by atoms with Gasteiger partial charge in [-0.3, -0.25) is 9.48 Å². The largest absolute Gasteiger partial charge is 0.508 e. The van der Waals surface area contributed by atoms with Gasteiger partial charge in [0.2, 0.25) is 0 Å². The Labute approximate surface area is 105 Å². The SMILES string of the molecule is Cc1cc(O)cc(NC(=O)c2cc(C)nn2C)c1. The van der Waals surface area contributed by atoms with Crippen LogP contribution in [-0.2, 0) is 7.05 Å². The van der Waals surface area contributed by atoms with E-state index in [1.165, 1.54) is 10.7 Å². The van der Waals surface area contributed by atoms with Crippen LogP contribution in [-0.4, -0.2) is 20.8 Å². The second kappa shape index (κ2) is 4.52. The fraction of sp³-hybridized carbons (Fsp3) is 0.231. The number of carbonyl (C=O) groups excluding carboxylic acids is 1. The second-order valence-electron chi connectivity index (χ2n) is 4.31. The zero-order valence-electron chi connectivity index (χ0n) is 10.6. The Morgan fingerprint density at radius 3 is 2.56 bits per heavy atom. The predicted octanol–water partition coefficient (Wildman–Crippen LogP) is 1.99. The number of hydrogen-bond donors (Lipinski definition) is 2. The van der Waals surface area contributed by atoms with E-state index < -0.39 is 0 Å². The van der Waals surface area contributed by atoms with Crippen molar-refractivity contribution in [1.29, 1.82) is 0 Å². The van der Waals surface area contributed by atoms with Gasteiger partial charge in [-0.05, 0) is 37.6 Å². The van der Waals surface area contributed by atoms with Crippen molar-refractivity contribution in [3.05, 3.63) is 41.2 Å². The van der Waals surface area contributed by atoms with E-state index in [1.54, 1.807) is 25.2 Å². The molecule has 0 aliphatic carbocycles. The highest BCUT2D eigenvalue weighted by Gasteiger charge is 2.12. The number of aromatic nitrogens is 2. The summed E-state index contributed by atoms with van der Waals surface area (Å²) in [7, 11) is 1.72. The molecule has 0 unspecified atom stereocenters. The van der Waals surface area contributed by atoms with Gasteiger partial charge in [0.15, 0.2) is 0 Å². The minimum absolute atomic E-state index is 0.131. The molecule has 5 nitrogen and oxygen atoms in total. The molecule has 0 radical (unpaired) electrons. The van der Waals surface area contributed by atoms with Gasteiger partial charge in [0.05, 0.1) is 5.69 Å². The van der Waals surface area contributed by atoms with Crippen LogP contribution in [0.5, 0.6) is 5.75 Å². The van der Waals surface area contributed by atoms with E-state index in [-0.39, 0.29) is 11.7 Å². The van der Waals surface area contributed by atoms with Gasteiger partial charge >= 0.3 is 0 Å². The Hall–Kier alpha value is -2.30. The molecule has 1 aromatic carbocycles. The van der Waals surface area contributed by atoms with Crippen molar-refractivity contribution < 1.29 is 9.90 Å². The number of nitrogens with one attached hydrogen (secondary N) is 1. The Bertz CT molecular complexity index is 582. The smallest absolute Gasteiger partial charge is 0.273 e. The van der Waals surface area contributed by atoms with E-state index in [0.29, 0.717) is 11.4 Å². The highest BCUT2D eigenvalue weighted by molar-refractivity contribution is 6.03. The molecule has 5 heteroatoms. The molecule has 2 N–H and O–H groups in total. The quantitative estimate of drug-likeness (QED) is 0.850. The summed E-state index contributed by atoms with van der Waals surface area (Å²) in [6, 6.07) is 6.64. The average molecular weight is 245 g/mol. The fourth-order valence-corrected chi connectivity index (χ4v) is 1.85. The molecular weight excluding hydrogens is 230 g/mol. The van der Waals surface area contributed by atoms with E-state index >= 15 is 0 Å². The molecular formula is C13H15N3O2. The van der Waals surface area contributed by atoms with Crippen molar-refractivity contribution in [3.63, 3.8) is 0 Å². The summed E-state index contributed by atoms with van der Waals surface area (Å²) >= 11 is 0. The molecule has 0 aliphatic heterocycles. The standard InChI is InChI=1S/C13H15N3O2/c1-8-4-10(7-11(17)5-8)14-13(18)12-6-9(2)15-16(12)3/h4-7,17H,1-3H3,(H,14,18). The molecule has 0 fully saturated rings. The lowest BCUT2D eigenvalue weighted by atomic mass is 10.2. The number of rotatable bonds is 2. The van der Waals surface area contributed by atoms with Crippen LogP contribution in [0.4, 0.5) is 5.69 Å². The molecule has 18 heavy (non-hydrogen) atoms. The van der Waals surface area contributed by atoms with Crippen LogP contribution < -0.4 is 5.32 Å². The lowest BCUT2D eigenvalue weighted by molar-refractivity contribution is 0.101. The summed E-state index contributed by atoms with van der Waals surface area (Å²) in [5.41, 5.74) is 2.71. The zero-order valence-corrected chi connectivity index (χ0v) is 10.6. The number of phenolic OH excluding ortho intramolecular Hbond substituents is 1. The zero-order chi connectivity index (χ0) is 13.3. The number of phenols is 1. The van der Waals surface area contributed by atoms with E-state index in [2.05, 4.69) is 10.4 Å². The van der Waals surface area contributed by atoms with E-state index in [4.69, 9.17) is 0 Å². The molecule has 2 rings (SSSR count). The van der Waals surface area contributed by atoms with Crippen LogP contribution in [0.15, 0.2) is 24.3 Å². The van der Waals surface area contributed by atoms with E-state index in [9.17, 15) is 9.90 Å². The van der Waals surface area contributed by atoms with Gasteiger partial charge in [0.1, 0.15) is 11.4 Å². The number of aromatic hydroxyl groups is 1. The van der Waals surface area contributed by atoms with Gasteiger partial charge in [-0.1, -0.05) is 0 Å². The summed E-state index contributed by atoms with van der Waals surface area (Å²) in [5.74, 6) is -0.116. The molecule has 1 heterocycles. The molecule has 0 spiro atoms. The van der Waals surface area contributed by atoms with Crippen LogP contribution in [0.2, 0.25) is 0 Å². The van der Waals surface area contributed by atoms with Crippen LogP contribution >= 0.6 is 0 Å². The first-order valence-corrected chi connectivity index (χ1v) is 5.58. The third-order valence-corrected chi connectivity index (χ3v) is 2.55. The summed E-state index contributed by atoms with van der Waals surface area (Å²) < 4.78 is 1.53. The molecule has 94 valence electrons. The number of aryl methyl sites for hydroxylation is 3. The molecule has 0 atom stereocenters. The van der Waals surface area contributed by atoms with Crippen molar-refractivity contribution in [2.24, 2.45) is 7.05 Å². The normalized spacial score (nSPS) is 10.4. The van der Waals surface area contributed by atoms with E-state index in [0.717, 1.165) is 11.3 Å². The maximum absolute atomic E-state index is 12.0. The highest BCUT2D eigenvalue weighted by atomic mass is 16.3. The van der Waals surface area contributed by atoms with Crippen molar-refractivity contribution in [3.8, 4) is 5.75 Å². The van der Waals surface area contributed by atoms with Gasteiger partial charge in [0.25, 0.3) is 5.91 Å². The number of benzene rings is 1. The third kappa shape index (κ3) is 2.51. The summed E-state index contributed by atoms with van der Waals surface area (Å²) in [5, 5.41) is 16.3. The number of amides is 1. The third-order valence-electron chi connectivity index (χ3n) is 2.55. The molecule has 0 saturated carbocycles. The molecule has 0 aliphatic rings. The minimum atomic E-state index is -0.247. The topological polar surface area (TPSA) is 67.2 Å². The van der Waals surface area contributed by atoms with Crippen LogP contribution in [0, 0.1) is 13.8 Å². The van der Waals surface area contributed by atoms with Gasteiger partial charge in [-0.2, -0.15) is 5.10 Å². The minimum Gasteiger partial charge on any atom is -0.508 e. The van der Waals surface area contributed by atoms with Crippen LogP contribution in [0.1, 0.15) is 21.7 Å². The average Bonchev–Trinajstić information content (AvgIpc) is 2.56. The van der Waals surface area contributed by atoms with Gasteiger partial charge in [-0.15, -0.1) is 0 Å². The molecule has 0 saturated heterocycles. The molecule has 1 amide bonds. The van der Waals surface area contributed by atoms with E-state index in [1.807, 2.05) is 13.8 Å². The summed E-state index contributed by atoms with van der Waals surface area (Å²) in [4.78, 5) is 12.0. The number of nitrogens with zero attached hydrogens (tertiary/aromatic N) is 2. The first kappa shape index (κ1) is 12.2. The lowest BCUT2D eigenvalue weighted by Gasteiger charge is -2.06. The van der Waals surface area contributed by atoms with Crippen LogP contribution in [0.3, 0.4) is 0 Å². The first-order valence-electron chi connectivity index (χ1n) is 5.58. The predicted molar refractivity (Wildman–Crippen MR) is 68.7 cm³/mol. The van der Waals surface area contributed by atoms with Crippen molar-refractivity contribution in [1.82, 2.24) is 9.78 Å². The van der Waals surface area contributed by atoms with Gasteiger partial charge in [-0.25, -0.2) is 0 Å². The fourth-order valence-electron chi connectivity index (χ4n) is 1.85. The number of carbonyl (C=O) groups is 1. The molecule has 0 bridgehead atoms. The second-order valence-corrected chi connectivity index (χ2v) is 4.31. The first-order chi connectivity index (χ1) is 8.45. The Kier molecular flexibility index (Phi) is 3.06. The molecule has 2 aromatic rings. The van der Waals surface area contributed by atoms with Crippen LogP contribution in [0.25, 0.3) is 0 Å². The Morgan fingerprint density at radius 1 is 1.28 bits per heavy atom. The summed E-state index contributed by atoms with van der Waals surface area (Å²) in [6.07, 6.45) is 0. The lowest BCUT2D eigenvalue weighted by Crippen LogP contribution is -2.16. The number of hydrogen-bond acceptors (Lipinski definition) is 3. The monoisotopic (exact) mass is 245 g/mol. The Balaban J connectivity index is 2.23. The highest BCUT2D eigenvalue weighted by Crippen LogP contribution is 2.19. The van der Waals surface area contributed by atoms with Crippen molar-refractivity contribution >= 4 is 11.6 Å².